The zero-order valence-electron chi connectivity index (χ0n) is 14.9. The van der Waals surface area contributed by atoms with E-state index < -0.39 is 24.3 Å². The van der Waals surface area contributed by atoms with Gasteiger partial charge in [-0.1, -0.05) is 30.3 Å². The first-order valence-electron chi connectivity index (χ1n) is 8.00. The van der Waals surface area contributed by atoms with Gasteiger partial charge < -0.3 is 15.2 Å². The van der Waals surface area contributed by atoms with Gasteiger partial charge in [0.05, 0.1) is 24.3 Å². The molecule has 1 rings (SSSR count). The molecule has 2 amide bonds. The molecule has 3 N–H and O–H groups in total. The lowest BCUT2D eigenvalue weighted by Gasteiger charge is -2.32. The summed E-state index contributed by atoms with van der Waals surface area (Å²) in [6, 6.07) is 8.27. The van der Waals surface area contributed by atoms with Gasteiger partial charge in [-0.25, -0.2) is 20.0 Å². The Bertz CT molecular complexity index is 534. The highest BCUT2D eigenvalue weighted by molar-refractivity contribution is 5.74. The van der Waals surface area contributed by atoms with E-state index in [0.717, 1.165) is 10.6 Å². The predicted molar refractivity (Wildman–Crippen MR) is 91.0 cm³/mol. The summed E-state index contributed by atoms with van der Waals surface area (Å²) in [5, 5.41) is 1.07. The van der Waals surface area contributed by atoms with Crippen molar-refractivity contribution < 1.29 is 19.1 Å². The lowest BCUT2D eigenvalue weighted by Crippen LogP contribution is -2.55. The molecule has 0 spiro atoms. The molecule has 7 heteroatoms. The minimum absolute atomic E-state index is 0.314. The van der Waals surface area contributed by atoms with E-state index in [-0.39, 0.29) is 12.2 Å². The molecule has 0 unspecified atom stereocenters. The van der Waals surface area contributed by atoms with Crippen LogP contribution >= 0.6 is 0 Å². The maximum Gasteiger partial charge on any atom is 0.429 e. The van der Waals surface area contributed by atoms with E-state index in [0.29, 0.717) is 0 Å². The van der Waals surface area contributed by atoms with Crippen molar-refractivity contribution in [3.8, 4) is 0 Å². The van der Waals surface area contributed by atoms with Crippen LogP contribution in [-0.4, -0.2) is 35.4 Å². The van der Waals surface area contributed by atoms with Crippen LogP contribution in [0.3, 0.4) is 0 Å². The van der Waals surface area contributed by atoms with Crippen LogP contribution in [0.1, 0.15) is 46.2 Å². The fourth-order valence-electron chi connectivity index (χ4n) is 2.03. The van der Waals surface area contributed by atoms with E-state index >= 15 is 0 Å². The van der Waals surface area contributed by atoms with Crippen molar-refractivity contribution in [2.75, 3.05) is 0 Å². The van der Waals surface area contributed by atoms with Crippen LogP contribution < -0.4 is 11.2 Å². The Kier molecular flexibility index (Phi) is 7.51. The fraction of sp³-hybridized carbons (Fsp3) is 0.529. The van der Waals surface area contributed by atoms with Crippen LogP contribution in [0.4, 0.5) is 9.59 Å². The highest BCUT2D eigenvalue weighted by Gasteiger charge is 2.30. The lowest BCUT2D eigenvalue weighted by molar-refractivity contribution is 0.0298. The molecule has 2 atom stereocenters. The van der Waals surface area contributed by atoms with Crippen molar-refractivity contribution in [1.29, 1.82) is 0 Å². The highest BCUT2D eigenvalue weighted by Crippen LogP contribution is 2.18. The number of rotatable bonds is 5. The van der Waals surface area contributed by atoms with E-state index in [1.807, 2.05) is 30.3 Å². The molecule has 7 nitrogen and oxygen atoms in total. The average Bonchev–Trinajstić information content (AvgIpc) is 2.50. The molecule has 24 heavy (non-hydrogen) atoms. The Hall–Kier alpha value is -2.28. The normalized spacial score (nSPS) is 13.3. The van der Waals surface area contributed by atoms with E-state index in [4.69, 9.17) is 15.2 Å². The minimum atomic E-state index is -0.738. The maximum absolute atomic E-state index is 12.3. The quantitative estimate of drug-likeness (QED) is 0.806. The summed E-state index contributed by atoms with van der Waals surface area (Å²) >= 11 is 0. The van der Waals surface area contributed by atoms with Crippen LogP contribution in [0, 0.1) is 0 Å². The summed E-state index contributed by atoms with van der Waals surface area (Å²) in [7, 11) is 0. The van der Waals surface area contributed by atoms with Gasteiger partial charge in [-0.3, -0.25) is 0 Å². The molecule has 0 saturated heterocycles. The molecule has 0 heterocycles. The topological polar surface area (TPSA) is 93.9 Å². The summed E-state index contributed by atoms with van der Waals surface area (Å²) in [5.74, 6) is 0. The molecule has 134 valence electrons. The highest BCUT2D eigenvalue weighted by atomic mass is 16.6. The SMILES string of the molecule is CC(C)OC(=O)NN(C(=O)OC(C)C)[C@H](C)[C@H](N)c1ccccc1. The van der Waals surface area contributed by atoms with Crippen LogP contribution in [0.2, 0.25) is 0 Å². The first-order chi connectivity index (χ1) is 11.2. The maximum atomic E-state index is 12.3. The number of benzene rings is 1. The van der Waals surface area contributed by atoms with Crippen LogP contribution in [0.15, 0.2) is 30.3 Å². The third kappa shape index (κ3) is 6.08. The Labute approximate surface area is 143 Å². The summed E-state index contributed by atoms with van der Waals surface area (Å²) < 4.78 is 10.2. The second kappa shape index (κ2) is 9.12. The van der Waals surface area contributed by atoms with Crippen molar-refractivity contribution in [1.82, 2.24) is 10.4 Å². The molecule has 0 radical (unpaired) electrons. The standard InChI is InChI=1S/C17H27N3O4/c1-11(2)23-16(21)19-20(17(22)24-12(3)4)13(5)15(18)14-9-7-6-8-10-14/h6-13,15H,18H2,1-5H3,(H,19,21)/t13-,15+/m1/s1. The Morgan fingerprint density at radius 1 is 1.00 bits per heavy atom. The lowest BCUT2D eigenvalue weighted by atomic mass is 10.0. The van der Waals surface area contributed by atoms with Crippen molar-refractivity contribution >= 4 is 12.2 Å². The van der Waals surface area contributed by atoms with Gasteiger partial charge in [-0.15, -0.1) is 0 Å². The monoisotopic (exact) mass is 337 g/mol. The zero-order chi connectivity index (χ0) is 18.3. The number of nitrogens with two attached hydrogens (primary N) is 1. The zero-order valence-corrected chi connectivity index (χ0v) is 14.9. The average molecular weight is 337 g/mol. The van der Waals surface area contributed by atoms with Gasteiger partial charge in [0.1, 0.15) is 0 Å². The van der Waals surface area contributed by atoms with Crippen LogP contribution in [0.5, 0.6) is 0 Å². The number of hydrogen-bond donors (Lipinski definition) is 2. The first kappa shape index (κ1) is 19.8. The number of carbonyl (C=O) groups is 2. The molecule has 0 aliphatic rings. The smallest absolute Gasteiger partial charge is 0.429 e. The van der Waals surface area contributed by atoms with Gasteiger partial charge in [-0.05, 0) is 40.2 Å². The minimum Gasteiger partial charge on any atom is -0.446 e. The van der Waals surface area contributed by atoms with Crippen molar-refractivity contribution in [2.45, 2.75) is 58.9 Å². The molecule has 0 aromatic heterocycles. The van der Waals surface area contributed by atoms with Crippen molar-refractivity contribution in [2.24, 2.45) is 5.73 Å². The number of nitrogens with zero attached hydrogens (tertiary/aromatic N) is 1. The Morgan fingerprint density at radius 3 is 2.04 bits per heavy atom. The van der Waals surface area contributed by atoms with Gasteiger partial charge >= 0.3 is 12.2 Å². The van der Waals surface area contributed by atoms with Gasteiger partial charge in [0.15, 0.2) is 0 Å². The van der Waals surface area contributed by atoms with Crippen LogP contribution in [-0.2, 0) is 9.47 Å². The molecule has 0 saturated carbocycles. The van der Waals surface area contributed by atoms with Crippen LogP contribution in [0.25, 0.3) is 0 Å². The molecular weight excluding hydrogens is 310 g/mol. The molecule has 0 fully saturated rings. The second-order valence-electron chi connectivity index (χ2n) is 6.05. The molecule has 0 aliphatic carbocycles. The first-order valence-corrected chi connectivity index (χ1v) is 8.00. The molecule has 1 aromatic carbocycles. The summed E-state index contributed by atoms with van der Waals surface area (Å²) in [4.78, 5) is 24.2. The fourth-order valence-corrected chi connectivity index (χ4v) is 2.03. The number of hydrogen-bond acceptors (Lipinski definition) is 5. The van der Waals surface area contributed by atoms with Gasteiger partial charge in [0.2, 0.25) is 0 Å². The van der Waals surface area contributed by atoms with E-state index in [1.165, 1.54) is 0 Å². The molecule has 1 aromatic rings. The summed E-state index contributed by atoms with van der Waals surface area (Å²) in [6.07, 6.45) is -2.07. The van der Waals surface area contributed by atoms with E-state index in [1.54, 1.807) is 34.6 Å². The summed E-state index contributed by atoms with van der Waals surface area (Å²) in [5.41, 5.74) is 9.50. The van der Waals surface area contributed by atoms with Crippen molar-refractivity contribution in [3.63, 3.8) is 0 Å². The number of ether oxygens (including phenoxy) is 2. The van der Waals surface area contributed by atoms with Crippen molar-refractivity contribution in [3.05, 3.63) is 35.9 Å². The third-order valence-electron chi connectivity index (χ3n) is 3.20. The van der Waals surface area contributed by atoms with Gasteiger partial charge in [-0.2, -0.15) is 0 Å². The number of amides is 2. The summed E-state index contributed by atoms with van der Waals surface area (Å²) in [6.45, 7) is 8.62. The Balaban J connectivity index is 2.93. The van der Waals surface area contributed by atoms with Gasteiger partial charge in [0.25, 0.3) is 0 Å². The third-order valence-corrected chi connectivity index (χ3v) is 3.20. The second-order valence-corrected chi connectivity index (χ2v) is 6.05. The largest absolute Gasteiger partial charge is 0.446 e. The number of hydrazine groups is 1. The number of nitrogens with one attached hydrogen (secondary N) is 1. The molecule has 0 aliphatic heterocycles. The van der Waals surface area contributed by atoms with Gasteiger partial charge in [0, 0.05) is 0 Å². The predicted octanol–water partition coefficient (Wildman–Crippen LogP) is 2.97. The number of carbonyl (C=O) groups excluding carboxylic acids is 2. The van der Waals surface area contributed by atoms with E-state index in [9.17, 15) is 9.59 Å². The Morgan fingerprint density at radius 2 is 1.54 bits per heavy atom. The van der Waals surface area contributed by atoms with E-state index in [2.05, 4.69) is 5.43 Å². The molecular formula is C17H27N3O4. The molecule has 0 bridgehead atoms.